The summed E-state index contributed by atoms with van der Waals surface area (Å²) in [6.45, 7) is 1.94. The van der Waals surface area contributed by atoms with Gasteiger partial charge in [-0.3, -0.25) is 0 Å². The molecule has 1 saturated heterocycles. The largest absolute Gasteiger partial charge is 0.487 e. The monoisotopic (exact) mass is 428 g/mol. The Bertz CT molecular complexity index is 896. The molecule has 0 saturated carbocycles. The molecule has 0 radical (unpaired) electrons. The smallest absolute Gasteiger partial charge is 0.171 e. The normalized spacial score (nSPS) is 13.9. The van der Waals surface area contributed by atoms with Crippen molar-refractivity contribution in [1.82, 2.24) is 9.97 Å². The minimum atomic E-state index is -0.0684. The van der Waals surface area contributed by atoms with E-state index in [9.17, 15) is 4.91 Å². The molecule has 11 heteroatoms. The van der Waals surface area contributed by atoms with Crippen LogP contribution in [0.25, 0.3) is 0 Å². The van der Waals surface area contributed by atoms with Crippen molar-refractivity contribution in [2.45, 2.75) is 18.9 Å². The predicted molar refractivity (Wildman–Crippen MR) is 113 cm³/mol. The van der Waals surface area contributed by atoms with Crippen LogP contribution in [0.5, 0.6) is 5.75 Å². The summed E-state index contributed by atoms with van der Waals surface area (Å²) in [6, 6.07) is 6.86. The van der Waals surface area contributed by atoms with Crippen molar-refractivity contribution in [3.05, 3.63) is 34.9 Å². The average molecular weight is 428 g/mol. The summed E-state index contributed by atoms with van der Waals surface area (Å²) in [6.07, 6.45) is 3.05. The molecule has 31 heavy (non-hydrogen) atoms. The van der Waals surface area contributed by atoms with Crippen molar-refractivity contribution in [3.63, 3.8) is 0 Å². The molecule has 3 heterocycles. The fraction of sp³-hybridized carbons (Fsp3) is 0.450. The SMILES string of the molecule is N#Cc1ccc(Nc2nc(NC3CCOCC3)c(OCCOCCO)cc2N=O)nc1. The molecule has 1 aliphatic rings. The van der Waals surface area contributed by atoms with Crippen molar-refractivity contribution in [2.75, 3.05) is 50.3 Å². The molecule has 3 N–H and O–H groups in total. The van der Waals surface area contributed by atoms with Gasteiger partial charge >= 0.3 is 0 Å². The van der Waals surface area contributed by atoms with E-state index in [2.05, 4.69) is 25.8 Å². The summed E-state index contributed by atoms with van der Waals surface area (Å²) in [7, 11) is 0. The Morgan fingerprint density at radius 3 is 2.77 bits per heavy atom. The Morgan fingerprint density at radius 2 is 2.10 bits per heavy atom. The lowest BCUT2D eigenvalue weighted by atomic mass is 10.1. The number of rotatable bonds is 11. The average Bonchev–Trinajstić information content (AvgIpc) is 2.81. The van der Waals surface area contributed by atoms with Gasteiger partial charge in [0.25, 0.3) is 0 Å². The van der Waals surface area contributed by atoms with Gasteiger partial charge in [0.1, 0.15) is 18.5 Å². The molecule has 11 nitrogen and oxygen atoms in total. The van der Waals surface area contributed by atoms with E-state index in [0.717, 1.165) is 12.8 Å². The molecule has 0 aliphatic carbocycles. The van der Waals surface area contributed by atoms with E-state index >= 15 is 0 Å². The van der Waals surface area contributed by atoms with Gasteiger partial charge in [-0.2, -0.15) is 5.26 Å². The lowest BCUT2D eigenvalue weighted by Crippen LogP contribution is -2.28. The Morgan fingerprint density at radius 1 is 1.26 bits per heavy atom. The third-order valence-electron chi connectivity index (χ3n) is 4.49. The second kappa shape index (κ2) is 11.8. The number of aliphatic hydroxyl groups excluding tert-OH is 1. The summed E-state index contributed by atoms with van der Waals surface area (Å²) < 4.78 is 16.4. The quantitative estimate of drug-likeness (QED) is 0.359. The van der Waals surface area contributed by atoms with E-state index in [0.29, 0.717) is 36.2 Å². The molecular formula is C20H24N6O5. The summed E-state index contributed by atoms with van der Waals surface area (Å²) in [5.74, 6) is 1.45. The fourth-order valence-electron chi connectivity index (χ4n) is 2.93. The summed E-state index contributed by atoms with van der Waals surface area (Å²) in [5.41, 5.74) is 0.469. The molecule has 2 aromatic heterocycles. The van der Waals surface area contributed by atoms with Gasteiger partial charge in [0.2, 0.25) is 0 Å². The predicted octanol–water partition coefficient (Wildman–Crippen LogP) is 2.47. The molecule has 0 aromatic carbocycles. The number of nitriles is 1. The standard InChI is InChI=1S/C20H24N6O5/c21-12-14-1-2-18(22-13-14)24-19-16(26-28)11-17(31-10-9-30-8-5-27)20(25-19)23-15-3-6-29-7-4-15/h1-2,11,13,15,27H,3-10H2,(H2,22,23,24,25). The molecule has 0 atom stereocenters. The number of hydrogen-bond donors (Lipinski definition) is 3. The topological polar surface area (TPSA) is 151 Å². The van der Waals surface area contributed by atoms with Crippen molar-refractivity contribution in [2.24, 2.45) is 5.18 Å². The second-order valence-corrected chi connectivity index (χ2v) is 6.68. The van der Waals surface area contributed by atoms with Crippen LogP contribution in [-0.2, 0) is 9.47 Å². The van der Waals surface area contributed by atoms with E-state index < -0.39 is 0 Å². The molecule has 0 amide bonds. The first-order valence-electron chi connectivity index (χ1n) is 9.90. The van der Waals surface area contributed by atoms with Gasteiger partial charge in [-0.05, 0) is 30.2 Å². The maximum atomic E-state index is 11.4. The van der Waals surface area contributed by atoms with Crippen LogP contribution in [0.1, 0.15) is 18.4 Å². The number of nitrogens with zero attached hydrogens (tertiary/aromatic N) is 4. The summed E-state index contributed by atoms with van der Waals surface area (Å²) in [5, 5.41) is 27.1. The van der Waals surface area contributed by atoms with Gasteiger partial charge in [0.05, 0.1) is 25.4 Å². The number of aromatic nitrogens is 2. The third-order valence-corrected chi connectivity index (χ3v) is 4.49. The molecule has 1 fully saturated rings. The van der Waals surface area contributed by atoms with Crippen molar-refractivity contribution >= 4 is 23.1 Å². The minimum absolute atomic E-state index is 0.0509. The molecule has 164 valence electrons. The van der Waals surface area contributed by atoms with Gasteiger partial charge in [-0.15, -0.1) is 4.91 Å². The molecule has 0 unspecified atom stereocenters. The van der Waals surface area contributed by atoms with Gasteiger partial charge in [-0.1, -0.05) is 0 Å². The zero-order valence-electron chi connectivity index (χ0n) is 16.9. The van der Waals surface area contributed by atoms with Crippen LogP contribution in [0.2, 0.25) is 0 Å². The maximum Gasteiger partial charge on any atom is 0.171 e. The van der Waals surface area contributed by atoms with Crippen molar-refractivity contribution < 1.29 is 19.3 Å². The summed E-state index contributed by atoms with van der Waals surface area (Å²) >= 11 is 0. The fourth-order valence-corrected chi connectivity index (χ4v) is 2.93. The van der Waals surface area contributed by atoms with Crippen LogP contribution in [0, 0.1) is 16.2 Å². The van der Waals surface area contributed by atoms with E-state index in [-0.39, 0.29) is 44.0 Å². The highest BCUT2D eigenvalue weighted by Gasteiger charge is 2.20. The number of nitroso groups, excluding NO2 is 1. The van der Waals surface area contributed by atoms with Gasteiger partial charge in [0.15, 0.2) is 23.1 Å². The molecule has 3 rings (SSSR count). The highest BCUT2D eigenvalue weighted by molar-refractivity contribution is 5.73. The first-order valence-corrected chi connectivity index (χ1v) is 9.90. The number of anilines is 3. The molecular weight excluding hydrogens is 404 g/mol. The van der Waals surface area contributed by atoms with Gasteiger partial charge < -0.3 is 30.0 Å². The van der Waals surface area contributed by atoms with Crippen molar-refractivity contribution in [1.29, 1.82) is 5.26 Å². The second-order valence-electron chi connectivity index (χ2n) is 6.68. The van der Waals surface area contributed by atoms with Crippen molar-refractivity contribution in [3.8, 4) is 11.8 Å². The Balaban J connectivity index is 1.82. The van der Waals surface area contributed by atoms with E-state index in [1.54, 1.807) is 12.1 Å². The lowest BCUT2D eigenvalue weighted by Gasteiger charge is -2.25. The van der Waals surface area contributed by atoms with E-state index in [1.807, 2.05) is 6.07 Å². The Kier molecular flexibility index (Phi) is 8.48. The highest BCUT2D eigenvalue weighted by Crippen LogP contribution is 2.35. The zero-order valence-corrected chi connectivity index (χ0v) is 16.9. The third kappa shape index (κ3) is 6.58. The minimum Gasteiger partial charge on any atom is -0.487 e. The molecule has 2 aromatic rings. The van der Waals surface area contributed by atoms with Gasteiger partial charge in [-0.25, -0.2) is 9.97 Å². The van der Waals surface area contributed by atoms with Crippen LogP contribution >= 0.6 is 0 Å². The number of pyridine rings is 2. The van der Waals surface area contributed by atoms with Crippen LogP contribution in [0.15, 0.2) is 29.6 Å². The maximum absolute atomic E-state index is 11.4. The summed E-state index contributed by atoms with van der Waals surface area (Å²) in [4.78, 5) is 20.1. The van der Waals surface area contributed by atoms with Crippen LogP contribution < -0.4 is 15.4 Å². The lowest BCUT2D eigenvalue weighted by molar-refractivity contribution is 0.0705. The van der Waals surface area contributed by atoms with Crippen LogP contribution in [-0.4, -0.2) is 60.8 Å². The van der Waals surface area contributed by atoms with E-state index in [4.69, 9.17) is 24.6 Å². The number of aliphatic hydroxyl groups is 1. The van der Waals surface area contributed by atoms with Crippen LogP contribution in [0.3, 0.4) is 0 Å². The van der Waals surface area contributed by atoms with Crippen LogP contribution in [0.4, 0.5) is 23.1 Å². The molecule has 0 spiro atoms. The Hall–Kier alpha value is -3.33. The Labute approximate surface area is 179 Å². The highest BCUT2D eigenvalue weighted by atomic mass is 16.5. The number of ether oxygens (including phenoxy) is 3. The number of nitrogens with one attached hydrogen (secondary N) is 2. The first kappa shape index (κ1) is 22.4. The van der Waals surface area contributed by atoms with Gasteiger partial charge in [0, 0.05) is 31.5 Å². The number of hydrogen-bond acceptors (Lipinski definition) is 11. The van der Waals surface area contributed by atoms with E-state index in [1.165, 1.54) is 12.3 Å². The zero-order chi connectivity index (χ0) is 21.9. The molecule has 0 bridgehead atoms. The molecule has 1 aliphatic heterocycles. The first-order chi connectivity index (χ1) is 15.2.